The van der Waals surface area contributed by atoms with Gasteiger partial charge in [0.1, 0.15) is 0 Å². The van der Waals surface area contributed by atoms with Crippen LogP contribution in [-0.2, 0) is 11.3 Å². The minimum atomic E-state index is -1.02. The van der Waals surface area contributed by atoms with Crippen LogP contribution in [0.15, 0.2) is 18.3 Å². The fourth-order valence-electron chi connectivity index (χ4n) is 1.39. The number of carboxylic acids is 1. The summed E-state index contributed by atoms with van der Waals surface area (Å²) < 4.78 is 0. The molecule has 0 fully saturated rings. The van der Waals surface area contributed by atoms with Crippen molar-refractivity contribution >= 4 is 23.6 Å². The lowest BCUT2D eigenvalue weighted by Crippen LogP contribution is -2.40. The topological polar surface area (TPSA) is 105 Å². The Balaban J connectivity index is 2.50. The van der Waals surface area contributed by atoms with Crippen molar-refractivity contribution in [2.24, 2.45) is 5.73 Å². The average Bonchev–Trinajstić information content (AvgIpc) is 2.42. The highest BCUT2D eigenvalue weighted by molar-refractivity contribution is 7.98. The largest absolute Gasteiger partial charge is 0.478 e. The molecule has 0 aliphatic rings. The van der Waals surface area contributed by atoms with Crippen molar-refractivity contribution in [1.82, 2.24) is 10.3 Å². The van der Waals surface area contributed by atoms with Crippen molar-refractivity contribution in [2.75, 3.05) is 12.0 Å². The fraction of sp³-hybridized carbons (Fsp3) is 0.417. The maximum absolute atomic E-state index is 11.7. The number of nitrogens with one attached hydrogen (secondary N) is 1. The van der Waals surface area contributed by atoms with Crippen molar-refractivity contribution < 1.29 is 14.7 Å². The molecule has 1 aromatic heterocycles. The van der Waals surface area contributed by atoms with E-state index in [0.29, 0.717) is 12.1 Å². The lowest BCUT2D eigenvalue weighted by atomic mass is 10.2. The van der Waals surface area contributed by atoms with Gasteiger partial charge in [0.25, 0.3) is 0 Å². The molecular formula is C12H17N3O3S. The van der Waals surface area contributed by atoms with Crippen molar-refractivity contribution in [3.8, 4) is 0 Å². The van der Waals surface area contributed by atoms with Crippen LogP contribution in [-0.4, -0.2) is 40.0 Å². The molecule has 0 bridgehead atoms. The molecule has 1 atom stereocenters. The molecule has 1 rings (SSSR count). The number of carbonyl (C=O) groups excluding carboxylic acids is 1. The molecule has 7 heteroatoms. The monoisotopic (exact) mass is 283 g/mol. The van der Waals surface area contributed by atoms with E-state index < -0.39 is 12.0 Å². The van der Waals surface area contributed by atoms with Gasteiger partial charge in [0.2, 0.25) is 5.91 Å². The predicted octanol–water partition coefficient (Wildman–Crippen LogP) is 0.476. The van der Waals surface area contributed by atoms with Gasteiger partial charge in [0.05, 0.1) is 23.8 Å². The molecule has 0 aliphatic heterocycles. The number of hydrogen-bond donors (Lipinski definition) is 3. The number of aromatic nitrogens is 1. The van der Waals surface area contributed by atoms with E-state index in [1.54, 1.807) is 11.8 Å². The van der Waals surface area contributed by atoms with Crippen LogP contribution in [0.2, 0.25) is 0 Å². The number of thioether (sulfide) groups is 1. The minimum Gasteiger partial charge on any atom is -0.478 e. The van der Waals surface area contributed by atoms with Gasteiger partial charge in [-0.2, -0.15) is 11.8 Å². The Morgan fingerprint density at radius 2 is 2.32 bits per heavy atom. The van der Waals surface area contributed by atoms with Gasteiger partial charge in [0.15, 0.2) is 0 Å². The second kappa shape index (κ2) is 7.75. The van der Waals surface area contributed by atoms with E-state index in [4.69, 9.17) is 10.8 Å². The number of carbonyl (C=O) groups is 2. The third-order valence-corrected chi connectivity index (χ3v) is 3.12. The van der Waals surface area contributed by atoms with Crippen LogP contribution in [0.5, 0.6) is 0 Å². The summed E-state index contributed by atoms with van der Waals surface area (Å²) in [4.78, 5) is 26.4. The summed E-state index contributed by atoms with van der Waals surface area (Å²) in [6, 6.07) is 2.28. The van der Waals surface area contributed by atoms with E-state index in [9.17, 15) is 9.59 Å². The standard InChI is InChI=1S/C12H17N3O3S/c1-19-5-3-10(13)11(16)15-7-9-6-8(12(17)18)2-4-14-9/h2,4,6,10H,3,5,7,13H2,1H3,(H,15,16)(H,17,18)/t10-/m1/s1. The number of hydrogen-bond acceptors (Lipinski definition) is 5. The zero-order chi connectivity index (χ0) is 14.3. The molecule has 4 N–H and O–H groups in total. The molecule has 0 aromatic carbocycles. The van der Waals surface area contributed by atoms with Crippen LogP contribution < -0.4 is 11.1 Å². The molecule has 1 heterocycles. The van der Waals surface area contributed by atoms with Crippen molar-refractivity contribution in [1.29, 1.82) is 0 Å². The third kappa shape index (κ3) is 5.27. The molecular weight excluding hydrogens is 266 g/mol. The summed E-state index contributed by atoms with van der Waals surface area (Å²) in [7, 11) is 0. The van der Waals surface area contributed by atoms with Gasteiger partial charge < -0.3 is 16.2 Å². The van der Waals surface area contributed by atoms with E-state index in [0.717, 1.165) is 5.75 Å². The van der Waals surface area contributed by atoms with E-state index in [2.05, 4.69) is 10.3 Å². The second-order valence-corrected chi connectivity index (χ2v) is 4.93. The number of aromatic carboxylic acids is 1. The lowest BCUT2D eigenvalue weighted by Gasteiger charge is -2.11. The summed E-state index contributed by atoms with van der Waals surface area (Å²) in [5, 5.41) is 11.5. The molecule has 0 saturated carbocycles. The van der Waals surface area contributed by atoms with Crippen LogP contribution in [0.4, 0.5) is 0 Å². The molecule has 19 heavy (non-hydrogen) atoms. The molecule has 0 spiro atoms. The molecule has 0 aliphatic carbocycles. The van der Waals surface area contributed by atoms with Gasteiger partial charge in [-0.05, 0) is 30.6 Å². The molecule has 0 saturated heterocycles. The van der Waals surface area contributed by atoms with Crippen LogP contribution in [0.1, 0.15) is 22.5 Å². The summed E-state index contributed by atoms with van der Waals surface area (Å²) in [6.45, 7) is 0.174. The quantitative estimate of drug-likeness (QED) is 0.672. The highest BCUT2D eigenvalue weighted by Crippen LogP contribution is 2.02. The lowest BCUT2D eigenvalue weighted by molar-refractivity contribution is -0.122. The number of nitrogens with zero attached hydrogens (tertiary/aromatic N) is 1. The average molecular weight is 283 g/mol. The van der Waals surface area contributed by atoms with Gasteiger partial charge in [-0.3, -0.25) is 9.78 Å². The Bertz CT molecular complexity index is 454. The van der Waals surface area contributed by atoms with E-state index in [-0.39, 0.29) is 18.0 Å². The molecule has 0 unspecified atom stereocenters. The Morgan fingerprint density at radius 1 is 1.58 bits per heavy atom. The van der Waals surface area contributed by atoms with Gasteiger partial charge in [-0.25, -0.2) is 4.79 Å². The third-order valence-electron chi connectivity index (χ3n) is 2.48. The van der Waals surface area contributed by atoms with Gasteiger partial charge >= 0.3 is 5.97 Å². The molecule has 0 radical (unpaired) electrons. The molecule has 6 nitrogen and oxygen atoms in total. The molecule has 104 valence electrons. The van der Waals surface area contributed by atoms with Crippen molar-refractivity contribution in [3.63, 3.8) is 0 Å². The van der Waals surface area contributed by atoms with Gasteiger partial charge in [0, 0.05) is 6.20 Å². The Morgan fingerprint density at radius 3 is 2.95 bits per heavy atom. The summed E-state index contributed by atoms with van der Waals surface area (Å²) in [5.41, 5.74) is 6.34. The first-order valence-electron chi connectivity index (χ1n) is 5.75. The number of carboxylic acid groups (broad SMARTS) is 1. The van der Waals surface area contributed by atoms with Crippen LogP contribution in [0.3, 0.4) is 0 Å². The first-order chi connectivity index (χ1) is 9.04. The first-order valence-corrected chi connectivity index (χ1v) is 7.14. The predicted molar refractivity (Wildman–Crippen MR) is 74.0 cm³/mol. The van der Waals surface area contributed by atoms with Gasteiger partial charge in [-0.15, -0.1) is 0 Å². The maximum Gasteiger partial charge on any atom is 0.335 e. The zero-order valence-electron chi connectivity index (χ0n) is 10.6. The van der Waals surface area contributed by atoms with Crippen LogP contribution >= 0.6 is 11.8 Å². The number of rotatable bonds is 7. The normalized spacial score (nSPS) is 11.9. The molecule has 1 aromatic rings. The van der Waals surface area contributed by atoms with Crippen molar-refractivity contribution in [2.45, 2.75) is 19.0 Å². The number of nitrogens with two attached hydrogens (primary N) is 1. The van der Waals surface area contributed by atoms with Crippen LogP contribution in [0.25, 0.3) is 0 Å². The highest BCUT2D eigenvalue weighted by atomic mass is 32.2. The zero-order valence-corrected chi connectivity index (χ0v) is 11.4. The van der Waals surface area contributed by atoms with Crippen LogP contribution in [0, 0.1) is 0 Å². The summed E-state index contributed by atoms with van der Waals surface area (Å²) in [6.07, 6.45) is 3.96. The van der Waals surface area contributed by atoms with Gasteiger partial charge in [-0.1, -0.05) is 0 Å². The Hall–Kier alpha value is -1.60. The highest BCUT2D eigenvalue weighted by Gasteiger charge is 2.13. The second-order valence-electron chi connectivity index (χ2n) is 3.95. The number of amides is 1. The van der Waals surface area contributed by atoms with E-state index in [1.807, 2.05) is 6.26 Å². The Kier molecular flexibility index (Phi) is 6.31. The molecule has 1 amide bonds. The maximum atomic E-state index is 11.7. The number of pyridine rings is 1. The fourth-order valence-corrected chi connectivity index (χ4v) is 1.88. The SMILES string of the molecule is CSCC[C@@H](N)C(=O)NCc1cc(C(=O)O)ccn1. The van der Waals surface area contributed by atoms with E-state index in [1.165, 1.54) is 18.3 Å². The smallest absolute Gasteiger partial charge is 0.335 e. The Labute approximate surface area is 115 Å². The van der Waals surface area contributed by atoms with E-state index >= 15 is 0 Å². The first kappa shape index (κ1) is 15.5. The summed E-state index contributed by atoms with van der Waals surface area (Å²) in [5.74, 6) is -0.454. The summed E-state index contributed by atoms with van der Waals surface area (Å²) >= 11 is 1.63. The van der Waals surface area contributed by atoms with Crippen molar-refractivity contribution in [3.05, 3.63) is 29.6 Å². The minimum absolute atomic E-state index is 0.144.